The van der Waals surface area contributed by atoms with Crippen molar-refractivity contribution in [1.82, 2.24) is 29.9 Å². The van der Waals surface area contributed by atoms with Gasteiger partial charge in [-0.1, -0.05) is 23.7 Å². The van der Waals surface area contributed by atoms with Crippen LogP contribution in [0.25, 0.3) is 22.0 Å². The van der Waals surface area contributed by atoms with E-state index in [1.807, 2.05) is 0 Å². The molecule has 5 aromatic rings. The summed E-state index contributed by atoms with van der Waals surface area (Å²) >= 11 is 6.33. The van der Waals surface area contributed by atoms with Gasteiger partial charge in [0.05, 0.1) is 27.7 Å². The van der Waals surface area contributed by atoms with Crippen LogP contribution in [0.4, 0.5) is 45.3 Å². The zero-order valence-corrected chi connectivity index (χ0v) is 26.5. The van der Waals surface area contributed by atoms with Crippen molar-refractivity contribution in [3.05, 3.63) is 93.0 Å². The average Bonchev–Trinajstić information content (AvgIpc) is 3.63. The topological polar surface area (TPSA) is 104 Å². The average molecular weight is 730 g/mol. The predicted molar refractivity (Wildman–Crippen MR) is 164 cm³/mol. The van der Waals surface area contributed by atoms with Crippen molar-refractivity contribution in [3.63, 3.8) is 0 Å². The number of nitrogens with one attached hydrogen (secondary N) is 1. The first-order valence-electron chi connectivity index (χ1n) is 14.9. The Morgan fingerprint density at radius 3 is 2.36 bits per heavy atom. The fraction of sp³-hybridized carbons (Fsp3) is 0.312. The van der Waals surface area contributed by atoms with E-state index < -0.39 is 73.0 Å². The van der Waals surface area contributed by atoms with E-state index in [1.54, 1.807) is 6.92 Å². The van der Waals surface area contributed by atoms with Crippen molar-refractivity contribution in [3.8, 4) is 11.1 Å². The number of fused-ring (bicyclic) bond motifs is 2. The summed E-state index contributed by atoms with van der Waals surface area (Å²) in [5, 5.41) is 10.0. The third kappa shape index (κ3) is 6.82. The molecule has 0 bridgehead atoms. The molecule has 1 aliphatic rings. The lowest BCUT2D eigenvalue weighted by molar-refractivity contribution is -0.141. The third-order valence-electron chi connectivity index (χ3n) is 8.20. The number of nitrogens with two attached hydrogens (primary N) is 1. The molecule has 50 heavy (non-hydrogen) atoms. The molecule has 0 saturated carbocycles. The SMILES string of the molecule is Cc1ccc(-c2ccc(Cl)c3c(N)nn(CC(F)(F)F)c23)c([C@H](Cc2cc(F)cc(F)c2)NC(=O)Cn2nc(C(F)F)c3c2C(F)(F)CC3)n1. The van der Waals surface area contributed by atoms with E-state index >= 15 is 0 Å². The highest BCUT2D eigenvalue weighted by Gasteiger charge is 2.46. The molecule has 3 heterocycles. The van der Waals surface area contributed by atoms with E-state index in [4.69, 9.17) is 17.3 Å². The minimum Gasteiger partial charge on any atom is -0.382 e. The summed E-state index contributed by atoms with van der Waals surface area (Å²) in [5.74, 6) is -6.77. The molecule has 0 fully saturated rings. The van der Waals surface area contributed by atoms with Crippen LogP contribution in [0.3, 0.4) is 0 Å². The first kappa shape index (κ1) is 35.0. The normalized spacial score (nSPS) is 14.8. The van der Waals surface area contributed by atoms with Crippen molar-refractivity contribution in [2.45, 2.75) is 63.8 Å². The fourth-order valence-electron chi connectivity index (χ4n) is 6.30. The number of carbonyl (C=O) groups is 1. The summed E-state index contributed by atoms with van der Waals surface area (Å²) in [5.41, 5.74) is 4.39. The van der Waals surface area contributed by atoms with Crippen LogP contribution in [0.1, 0.15) is 52.8 Å². The van der Waals surface area contributed by atoms with Crippen molar-refractivity contribution in [1.29, 1.82) is 0 Å². The number of amides is 1. The minimum absolute atomic E-state index is 0.00368. The Kier molecular flexibility index (Phi) is 8.99. The fourth-order valence-corrected chi connectivity index (χ4v) is 6.55. The summed E-state index contributed by atoms with van der Waals surface area (Å²) in [6.45, 7) is -0.928. The number of anilines is 1. The largest absolute Gasteiger partial charge is 0.408 e. The summed E-state index contributed by atoms with van der Waals surface area (Å²) in [6, 6.07) is 7.02. The van der Waals surface area contributed by atoms with E-state index in [9.17, 15) is 44.3 Å². The van der Waals surface area contributed by atoms with Crippen molar-refractivity contribution in [2.75, 3.05) is 5.73 Å². The van der Waals surface area contributed by atoms with E-state index in [2.05, 4.69) is 20.5 Å². The van der Waals surface area contributed by atoms with Gasteiger partial charge < -0.3 is 11.1 Å². The highest BCUT2D eigenvalue weighted by molar-refractivity contribution is 6.37. The molecule has 0 radical (unpaired) electrons. The number of nitrogens with zero attached hydrogens (tertiary/aromatic N) is 5. The number of benzene rings is 2. The number of alkyl halides is 7. The smallest absolute Gasteiger partial charge is 0.382 e. The van der Waals surface area contributed by atoms with Gasteiger partial charge in [0.15, 0.2) is 5.82 Å². The number of rotatable bonds is 9. The maximum absolute atomic E-state index is 14.8. The van der Waals surface area contributed by atoms with Crippen LogP contribution in [0, 0.1) is 18.6 Å². The molecule has 1 atom stereocenters. The minimum atomic E-state index is -4.73. The number of carbonyl (C=O) groups excluding carboxylic acids is 1. The van der Waals surface area contributed by atoms with Crippen LogP contribution in [0.15, 0.2) is 42.5 Å². The highest BCUT2D eigenvalue weighted by Crippen LogP contribution is 2.45. The first-order valence-corrected chi connectivity index (χ1v) is 15.3. The summed E-state index contributed by atoms with van der Waals surface area (Å²) in [4.78, 5) is 18.1. The molecule has 1 amide bonds. The molecule has 0 saturated heterocycles. The Balaban J connectivity index is 1.48. The number of pyridine rings is 1. The second-order valence-corrected chi connectivity index (χ2v) is 12.2. The molecular weight excluding hydrogens is 705 g/mol. The predicted octanol–water partition coefficient (Wildman–Crippen LogP) is 7.76. The molecule has 3 N–H and O–H groups in total. The zero-order chi connectivity index (χ0) is 36.3. The van der Waals surface area contributed by atoms with Gasteiger partial charge in [-0.15, -0.1) is 0 Å². The Hall–Kier alpha value is -4.80. The molecule has 3 aromatic heterocycles. The molecular formula is C32H25ClF9N7O. The zero-order valence-electron chi connectivity index (χ0n) is 25.7. The Morgan fingerprint density at radius 1 is 1.02 bits per heavy atom. The number of halogens is 10. The molecule has 6 rings (SSSR count). The van der Waals surface area contributed by atoms with Gasteiger partial charge in [0.2, 0.25) is 5.91 Å². The van der Waals surface area contributed by atoms with Crippen LogP contribution in [-0.4, -0.2) is 36.6 Å². The summed E-state index contributed by atoms with van der Waals surface area (Å²) in [7, 11) is 0. The molecule has 0 spiro atoms. The quantitative estimate of drug-likeness (QED) is 0.151. The van der Waals surface area contributed by atoms with Crippen LogP contribution in [0.2, 0.25) is 5.02 Å². The third-order valence-corrected chi connectivity index (χ3v) is 8.51. The van der Waals surface area contributed by atoms with Gasteiger partial charge in [0.25, 0.3) is 12.3 Å². The lowest BCUT2D eigenvalue weighted by Gasteiger charge is -2.23. The van der Waals surface area contributed by atoms with Crippen molar-refractivity contribution < 1.29 is 44.3 Å². The van der Waals surface area contributed by atoms with E-state index in [1.165, 1.54) is 24.3 Å². The molecule has 0 aliphatic heterocycles. The van der Waals surface area contributed by atoms with Gasteiger partial charge in [0, 0.05) is 34.9 Å². The second-order valence-electron chi connectivity index (χ2n) is 11.8. The molecule has 0 unspecified atom stereocenters. The molecule has 264 valence electrons. The number of nitrogen functional groups attached to an aromatic ring is 1. The lowest BCUT2D eigenvalue weighted by atomic mass is 9.93. The molecule has 18 heteroatoms. The standard InChI is InChI=1S/C32H25ClF9N7O/c1-14-2-3-18(19-4-5-21(33)24-27(19)49(47-30(24)43)13-32(40,41)42)25(44-14)22(10-15-8-16(34)11-17(35)9-15)45-23(50)12-48-28-20(6-7-31(28,38)39)26(46-48)29(36)37/h2-5,8-9,11,22,29H,6-7,10,12-13H2,1H3,(H2,43,47)(H,45,50)/t22-/m0/s1. The second kappa shape index (κ2) is 12.8. The van der Waals surface area contributed by atoms with Gasteiger partial charge in [-0.3, -0.25) is 19.1 Å². The molecule has 1 aliphatic carbocycles. The van der Waals surface area contributed by atoms with Gasteiger partial charge in [-0.2, -0.15) is 32.1 Å². The Labute approximate surface area is 282 Å². The van der Waals surface area contributed by atoms with Gasteiger partial charge >= 0.3 is 6.18 Å². The summed E-state index contributed by atoms with van der Waals surface area (Å²) in [6.07, 6.45) is -9.41. The lowest BCUT2D eigenvalue weighted by Crippen LogP contribution is -2.35. The van der Waals surface area contributed by atoms with Crippen molar-refractivity contribution >= 4 is 34.2 Å². The monoisotopic (exact) mass is 729 g/mol. The van der Waals surface area contributed by atoms with Crippen molar-refractivity contribution in [2.24, 2.45) is 0 Å². The molecule has 2 aromatic carbocycles. The maximum Gasteiger partial charge on any atom is 0.408 e. The molecule has 8 nitrogen and oxygen atoms in total. The van der Waals surface area contributed by atoms with E-state index in [-0.39, 0.29) is 62.5 Å². The Bertz CT molecular complexity index is 2110. The van der Waals surface area contributed by atoms with E-state index in [0.29, 0.717) is 21.1 Å². The van der Waals surface area contributed by atoms with Crippen LogP contribution in [-0.2, 0) is 36.6 Å². The number of aromatic nitrogens is 5. The maximum atomic E-state index is 14.8. The summed E-state index contributed by atoms with van der Waals surface area (Å²) < 4.78 is 128. The highest BCUT2D eigenvalue weighted by atomic mass is 35.5. The van der Waals surface area contributed by atoms with Crippen LogP contribution >= 0.6 is 11.6 Å². The van der Waals surface area contributed by atoms with Gasteiger partial charge in [-0.05, 0) is 49.6 Å². The number of hydrogen-bond donors (Lipinski definition) is 2. The van der Waals surface area contributed by atoms with Crippen LogP contribution in [0.5, 0.6) is 0 Å². The van der Waals surface area contributed by atoms with Crippen LogP contribution < -0.4 is 11.1 Å². The van der Waals surface area contributed by atoms with Gasteiger partial charge in [0.1, 0.15) is 36.1 Å². The number of hydrogen-bond acceptors (Lipinski definition) is 5. The van der Waals surface area contributed by atoms with Gasteiger partial charge in [-0.25, -0.2) is 17.6 Å². The van der Waals surface area contributed by atoms with E-state index in [0.717, 1.165) is 12.1 Å². The number of aryl methyl sites for hydroxylation is 1. The Morgan fingerprint density at radius 2 is 1.70 bits per heavy atom. The first-order chi connectivity index (χ1) is 23.4.